The third-order valence-electron chi connectivity index (χ3n) is 3.31. The second-order valence-corrected chi connectivity index (χ2v) is 4.47. The van der Waals surface area contributed by atoms with Gasteiger partial charge in [-0.05, 0) is 31.1 Å². The summed E-state index contributed by atoms with van der Waals surface area (Å²) < 4.78 is 0. The molecule has 2 fully saturated rings. The van der Waals surface area contributed by atoms with Crippen LogP contribution < -0.4 is 10.2 Å². The van der Waals surface area contributed by atoms with Gasteiger partial charge in [-0.25, -0.2) is 0 Å². The number of rotatable bonds is 5. The van der Waals surface area contributed by atoms with Crippen molar-refractivity contribution in [2.24, 2.45) is 17.3 Å². The molecule has 0 N–H and O–H groups in total. The number of carbonyl (C=O) groups is 2. The molecule has 2 aliphatic rings. The highest BCUT2D eigenvalue weighted by Crippen LogP contribution is 2.52. The minimum atomic E-state index is -1.69. The van der Waals surface area contributed by atoms with Gasteiger partial charge in [0.05, 0.1) is 17.4 Å². The van der Waals surface area contributed by atoms with Gasteiger partial charge in [0.15, 0.2) is 0 Å². The largest absolute Gasteiger partial charge is 0.549 e. The summed E-state index contributed by atoms with van der Waals surface area (Å²) in [6.45, 7) is 0. The molecule has 0 bridgehead atoms. The summed E-state index contributed by atoms with van der Waals surface area (Å²) in [4.78, 5) is 22.0. The fraction of sp³-hybridized carbons (Fsp3) is 0.800. The van der Waals surface area contributed by atoms with Crippen molar-refractivity contribution in [3.05, 3.63) is 0 Å². The van der Waals surface area contributed by atoms with Crippen molar-refractivity contribution in [2.75, 3.05) is 0 Å². The quantitative estimate of drug-likeness (QED) is 0.511. The van der Waals surface area contributed by atoms with Crippen molar-refractivity contribution in [1.29, 1.82) is 0 Å². The third kappa shape index (κ3) is 1.38. The van der Waals surface area contributed by atoms with E-state index in [4.69, 9.17) is 0 Å². The number of carbonyl (C=O) groups excluding carboxylic acids is 2. The molecule has 0 atom stereocenters. The van der Waals surface area contributed by atoms with Crippen molar-refractivity contribution in [1.82, 2.24) is 0 Å². The summed E-state index contributed by atoms with van der Waals surface area (Å²) in [5.41, 5.74) is -1.69. The number of hydrogen-bond acceptors (Lipinski definition) is 4. The van der Waals surface area contributed by atoms with Crippen LogP contribution in [0.15, 0.2) is 0 Å². The van der Waals surface area contributed by atoms with Crippen LogP contribution in [0.3, 0.4) is 0 Å². The van der Waals surface area contributed by atoms with Gasteiger partial charge in [0.1, 0.15) is 0 Å². The molecule has 2 saturated carbocycles. The molecule has 0 heterocycles. The maximum atomic E-state index is 11.0. The molecule has 0 spiro atoms. The summed E-state index contributed by atoms with van der Waals surface area (Å²) in [5, 5.41) is 22.0. The van der Waals surface area contributed by atoms with Crippen molar-refractivity contribution in [3.8, 4) is 0 Å². The van der Waals surface area contributed by atoms with Crippen LogP contribution in [-0.2, 0) is 9.59 Å². The molecule has 0 radical (unpaired) electrons. The fourth-order valence-corrected chi connectivity index (χ4v) is 2.10. The Morgan fingerprint density at radius 2 is 1.57 bits per heavy atom. The highest BCUT2D eigenvalue weighted by molar-refractivity contribution is 5.97. The normalized spacial score (nSPS) is 22.0. The van der Waals surface area contributed by atoms with E-state index < -0.39 is 17.4 Å². The molecule has 0 unspecified atom stereocenters. The second kappa shape index (κ2) is 2.97. The third-order valence-corrected chi connectivity index (χ3v) is 3.31. The van der Waals surface area contributed by atoms with Crippen molar-refractivity contribution in [3.63, 3.8) is 0 Å². The van der Waals surface area contributed by atoms with E-state index in [0.29, 0.717) is 12.8 Å². The molecule has 0 aromatic carbocycles. The standard InChI is InChI=1S/C10H14O4/c11-8(12)10(9(13)14,7-3-4-7)5-6-1-2-6/h6-7H,1-5H2,(H,11,12)(H,13,14)/p-2. The van der Waals surface area contributed by atoms with E-state index in [1.165, 1.54) is 0 Å². The first-order chi connectivity index (χ1) is 6.57. The van der Waals surface area contributed by atoms with Gasteiger partial charge in [0, 0.05) is 0 Å². The van der Waals surface area contributed by atoms with E-state index >= 15 is 0 Å². The molecule has 4 nitrogen and oxygen atoms in total. The molecular weight excluding hydrogens is 184 g/mol. The molecule has 0 saturated heterocycles. The van der Waals surface area contributed by atoms with Crippen LogP contribution in [0.25, 0.3) is 0 Å². The van der Waals surface area contributed by atoms with Gasteiger partial charge in [-0.15, -0.1) is 0 Å². The first kappa shape index (κ1) is 9.49. The number of aliphatic carboxylic acids is 2. The zero-order chi connectivity index (χ0) is 10.3. The van der Waals surface area contributed by atoms with Crippen LogP contribution in [0, 0.1) is 17.3 Å². The minimum Gasteiger partial charge on any atom is -0.549 e. The van der Waals surface area contributed by atoms with Gasteiger partial charge >= 0.3 is 0 Å². The van der Waals surface area contributed by atoms with Crippen LogP contribution in [0.1, 0.15) is 32.1 Å². The predicted octanol–water partition coefficient (Wildman–Crippen LogP) is -1.32. The Balaban J connectivity index is 2.21. The zero-order valence-corrected chi connectivity index (χ0v) is 7.82. The average Bonchev–Trinajstić information content (AvgIpc) is 2.93. The Kier molecular flexibility index (Phi) is 2.01. The Morgan fingerprint density at radius 1 is 1.07 bits per heavy atom. The smallest absolute Gasteiger partial charge is 0.0535 e. The SMILES string of the molecule is O=C([O-])C(CC1CC1)(C(=O)[O-])C1CC1. The van der Waals surface area contributed by atoms with E-state index in [1.54, 1.807) is 0 Å². The molecule has 0 aliphatic heterocycles. The number of carboxylic acids is 2. The van der Waals surface area contributed by atoms with Crippen molar-refractivity contribution in [2.45, 2.75) is 32.1 Å². The minimum absolute atomic E-state index is 0.211. The van der Waals surface area contributed by atoms with Crippen LogP contribution >= 0.6 is 0 Å². The highest BCUT2D eigenvalue weighted by Gasteiger charge is 2.50. The summed E-state index contributed by atoms with van der Waals surface area (Å²) in [6, 6.07) is 0. The topological polar surface area (TPSA) is 80.3 Å². The van der Waals surface area contributed by atoms with E-state index in [2.05, 4.69) is 0 Å². The molecule has 14 heavy (non-hydrogen) atoms. The number of hydrogen-bond donors (Lipinski definition) is 0. The van der Waals surface area contributed by atoms with Crippen LogP contribution in [0.5, 0.6) is 0 Å². The molecule has 0 amide bonds. The first-order valence-corrected chi connectivity index (χ1v) is 5.00. The van der Waals surface area contributed by atoms with Gasteiger partial charge in [-0.1, -0.05) is 12.8 Å². The number of carboxylic acid groups (broad SMARTS) is 2. The van der Waals surface area contributed by atoms with Gasteiger partial charge in [-0.2, -0.15) is 0 Å². The Hall–Kier alpha value is -1.06. The summed E-state index contributed by atoms with van der Waals surface area (Å²) in [7, 11) is 0. The molecule has 0 aromatic heterocycles. The summed E-state index contributed by atoms with van der Waals surface area (Å²) >= 11 is 0. The molecule has 0 aromatic rings. The molecule has 4 heteroatoms. The van der Waals surface area contributed by atoms with E-state index in [0.717, 1.165) is 12.8 Å². The van der Waals surface area contributed by atoms with Crippen LogP contribution in [0.2, 0.25) is 0 Å². The molecule has 2 aliphatic carbocycles. The maximum Gasteiger partial charge on any atom is 0.0535 e. The van der Waals surface area contributed by atoms with Gasteiger partial charge in [0.25, 0.3) is 0 Å². The average molecular weight is 196 g/mol. The summed E-state index contributed by atoms with van der Waals surface area (Å²) in [6.07, 6.45) is 3.44. The Bertz CT molecular complexity index is 262. The lowest BCUT2D eigenvalue weighted by Gasteiger charge is -2.36. The van der Waals surface area contributed by atoms with E-state index in [-0.39, 0.29) is 18.3 Å². The van der Waals surface area contributed by atoms with E-state index in [1.807, 2.05) is 0 Å². The van der Waals surface area contributed by atoms with Crippen LogP contribution in [-0.4, -0.2) is 11.9 Å². The first-order valence-electron chi connectivity index (χ1n) is 5.00. The molecule has 78 valence electrons. The van der Waals surface area contributed by atoms with Crippen LogP contribution in [0.4, 0.5) is 0 Å². The second-order valence-electron chi connectivity index (χ2n) is 4.47. The van der Waals surface area contributed by atoms with E-state index in [9.17, 15) is 19.8 Å². The Morgan fingerprint density at radius 3 is 1.86 bits per heavy atom. The Labute approximate surface area is 81.9 Å². The lowest BCUT2D eigenvalue weighted by Crippen LogP contribution is -2.55. The summed E-state index contributed by atoms with van der Waals surface area (Å²) in [5.74, 6) is -2.90. The lowest BCUT2D eigenvalue weighted by molar-refractivity contribution is -0.345. The lowest BCUT2D eigenvalue weighted by atomic mass is 9.78. The molecular formula is C10H12O4-2. The highest BCUT2D eigenvalue weighted by atomic mass is 16.4. The van der Waals surface area contributed by atoms with Gasteiger partial charge in [-0.3, -0.25) is 0 Å². The van der Waals surface area contributed by atoms with Gasteiger partial charge in [0.2, 0.25) is 0 Å². The predicted molar refractivity (Wildman–Crippen MR) is 42.5 cm³/mol. The monoisotopic (exact) mass is 196 g/mol. The van der Waals surface area contributed by atoms with Crippen molar-refractivity contribution < 1.29 is 19.8 Å². The van der Waals surface area contributed by atoms with Gasteiger partial charge < -0.3 is 19.8 Å². The van der Waals surface area contributed by atoms with Crippen molar-refractivity contribution >= 4 is 11.9 Å². The molecule has 2 rings (SSSR count). The maximum absolute atomic E-state index is 11.0. The zero-order valence-electron chi connectivity index (χ0n) is 7.82. The fourth-order valence-electron chi connectivity index (χ4n) is 2.10.